The van der Waals surface area contributed by atoms with E-state index in [1.165, 1.54) is 0 Å². The fourth-order valence-electron chi connectivity index (χ4n) is 3.86. The number of pyridine rings is 1. The summed E-state index contributed by atoms with van der Waals surface area (Å²) in [6.45, 7) is 5.27. The number of benzene rings is 1. The number of rotatable bonds is 5. The molecule has 6 nitrogen and oxygen atoms in total. The van der Waals surface area contributed by atoms with E-state index in [0.717, 1.165) is 24.1 Å². The highest BCUT2D eigenvalue weighted by molar-refractivity contribution is 5.94. The molecule has 148 valence electrons. The topological polar surface area (TPSA) is 79.6 Å². The van der Waals surface area contributed by atoms with Crippen LogP contribution in [0.1, 0.15) is 58.2 Å². The van der Waals surface area contributed by atoms with Crippen LogP contribution in [0.2, 0.25) is 0 Å². The first kappa shape index (κ1) is 19.9. The summed E-state index contributed by atoms with van der Waals surface area (Å²) in [6, 6.07) is 10.4. The Kier molecular flexibility index (Phi) is 5.68. The Bertz CT molecular complexity index is 944. The summed E-state index contributed by atoms with van der Waals surface area (Å²) in [4.78, 5) is 38.2. The third-order valence-electron chi connectivity index (χ3n) is 5.46. The van der Waals surface area contributed by atoms with Crippen molar-refractivity contribution in [2.75, 3.05) is 13.1 Å². The summed E-state index contributed by atoms with van der Waals surface area (Å²) in [7, 11) is 1.71. The zero-order chi connectivity index (χ0) is 20.4. The number of carbonyl (C=O) groups excluding carboxylic acids is 1. The predicted octanol–water partition coefficient (Wildman–Crippen LogP) is 2.91. The molecular formula is C22H26N2O4. The van der Waals surface area contributed by atoms with E-state index in [2.05, 4.69) is 0 Å². The van der Waals surface area contributed by atoms with Crippen LogP contribution in [0.4, 0.5) is 0 Å². The Morgan fingerprint density at radius 3 is 2.43 bits per heavy atom. The van der Waals surface area contributed by atoms with Crippen LogP contribution in [0.15, 0.2) is 41.2 Å². The van der Waals surface area contributed by atoms with E-state index < -0.39 is 5.97 Å². The second-order valence-corrected chi connectivity index (χ2v) is 7.80. The lowest BCUT2D eigenvalue weighted by Gasteiger charge is -2.18. The van der Waals surface area contributed by atoms with Gasteiger partial charge in [0.2, 0.25) is 0 Å². The molecule has 1 aromatic heterocycles. The standard InChI is InChI=1S/C22H26N2O4/c1-14(2)19-9-8-18(20(25)23(19)3)21(26)24-11-10-16(13-24)12-15-4-6-17(7-5-15)22(27)28/h4-9,14,16H,10-13H2,1-3H3,(H,27,28)/t16-/m0/s1. The van der Waals surface area contributed by atoms with Gasteiger partial charge in [-0.05, 0) is 54.5 Å². The van der Waals surface area contributed by atoms with Gasteiger partial charge in [-0.3, -0.25) is 9.59 Å². The Morgan fingerprint density at radius 2 is 1.82 bits per heavy atom. The van der Waals surface area contributed by atoms with Gasteiger partial charge >= 0.3 is 5.97 Å². The van der Waals surface area contributed by atoms with Gasteiger partial charge < -0.3 is 14.6 Å². The summed E-state index contributed by atoms with van der Waals surface area (Å²) >= 11 is 0. The van der Waals surface area contributed by atoms with Crippen molar-refractivity contribution in [1.82, 2.24) is 9.47 Å². The molecule has 2 heterocycles. The number of aromatic carboxylic acids is 1. The van der Waals surface area contributed by atoms with Gasteiger partial charge in [0.25, 0.3) is 11.5 Å². The summed E-state index contributed by atoms with van der Waals surface area (Å²) in [5, 5.41) is 8.98. The number of hydrogen-bond acceptors (Lipinski definition) is 3. The maximum absolute atomic E-state index is 12.9. The lowest BCUT2D eigenvalue weighted by Crippen LogP contribution is -2.35. The molecule has 0 bridgehead atoms. The van der Waals surface area contributed by atoms with Gasteiger partial charge in [-0.25, -0.2) is 4.79 Å². The second-order valence-electron chi connectivity index (χ2n) is 7.80. The molecule has 6 heteroatoms. The van der Waals surface area contributed by atoms with Crippen LogP contribution in [-0.2, 0) is 13.5 Å². The molecule has 1 amide bonds. The lowest BCUT2D eigenvalue weighted by atomic mass is 9.98. The minimum Gasteiger partial charge on any atom is -0.478 e. The van der Waals surface area contributed by atoms with Crippen LogP contribution in [-0.4, -0.2) is 39.5 Å². The Hall–Kier alpha value is -2.89. The van der Waals surface area contributed by atoms with Crippen molar-refractivity contribution in [2.45, 2.75) is 32.6 Å². The summed E-state index contributed by atoms with van der Waals surface area (Å²) < 4.78 is 1.56. The van der Waals surface area contributed by atoms with Crippen molar-refractivity contribution in [3.05, 3.63) is 69.1 Å². The van der Waals surface area contributed by atoms with Crippen LogP contribution in [0.5, 0.6) is 0 Å². The minimum absolute atomic E-state index is 0.209. The molecule has 3 rings (SSSR count). The molecule has 2 aromatic rings. The maximum atomic E-state index is 12.9. The van der Waals surface area contributed by atoms with Gasteiger partial charge in [-0.2, -0.15) is 0 Å². The van der Waals surface area contributed by atoms with Gasteiger partial charge in [-0.15, -0.1) is 0 Å². The van der Waals surface area contributed by atoms with Crippen molar-refractivity contribution in [1.29, 1.82) is 0 Å². The number of nitrogens with zero attached hydrogens (tertiary/aromatic N) is 2. The molecule has 28 heavy (non-hydrogen) atoms. The SMILES string of the molecule is CC(C)c1ccc(C(=O)N2CC[C@@H](Cc3ccc(C(=O)O)cc3)C2)c(=O)n1C. The quantitative estimate of drug-likeness (QED) is 0.862. The van der Waals surface area contributed by atoms with Crippen LogP contribution >= 0.6 is 0 Å². The average Bonchev–Trinajstić information content (AvgIpc) is 3.12. The average molecular weight is 382 g/mol. The largest absolute Gasteiger partial charge is 0.478 e. The van der Waals surface area contributed by atoms with Crippen molar-refractivity contribution in [2.24, 2.45) is 13.0 Å². The second kappa shape index (κ2) is 8.00. The van der Waals surface area contributed by atoms with Crippen molar-refractivity contribution < 1.29 is 14.7 Å². The highest BCUT2D eigenvalue weighted by Crippen LogP contribution is 2.23. The number of carboxylic acid groups (broad SMARTS) is 1. The van der Waals surface area contributed by atoms with E-state index in [0.29, 0.717) is 19.0 Å². The summed E-state index contributed by atoms with van der Waals surface area (Å²) in [5.41, 5.74) is 2.21. The van der Waals surface area contributed by atoms with E-state index >= 15 is 0 Å². The molecule has 0 saturated carbocycles. The molecule has 1 N–H and O–H groups in total. The third-order valence-corrected chi connectivity index (χ3v) is 5.46. The molecule has 0 unspecified atom stereocenters. The van der Waals surface area contributed by atoms with Crippen LogP contribution < -0.4 is 5.56 Å². The fraction of sp³-hybridized carbons (Fsp3) is 0.409. The summed E-state index contributed by atoms with van der Waals surface area (Å²) in [6.07, 6.45) is 1.66. The first-order valence-corrected chi connectivity index (χ1v) is 9.59. The molecule has 1 aliphatic heterocycles. The molecule has 0 spiro atoms. The van der Waals surface area contributed by atoms with E-state index in [9.17, 15) is 14.4 Å². The van der Waals surface area contributed by atoms with Crippen molar-refractivity contribution in [3.63, 3.8) is 0 Å². The van der Waals surface area contributed by atoms with Gasteiger partial charge in [-0.1, -0.05) is 26.0 Å². The molecule has 0 aliphatic carbocycles. The smallest absolute Gasteiger partial charge is 0.335 e. The molecule has 1 aliphatic rings. The minimum atomic E-state index is -0.936. The predicted molar refractivity (Wildman–Crippen MR) is 107 cm³/mol. The molecular weight excluding hydrogens is 356 g/mol. The first-order valence-electron chi connectivity index (χ1n) is 9.59. The zero-order valence-electron chi connectivity index (χ0n) is 16.5. The van der Waals surface area contributed by atoms with Crippen LogP contribution in [0.25, 0.3) is 0 Å². The van der Waals surface area contributed by atoms with Gasteiger partial charge in [0.15, 0.2) is 0 Å². The highest BCUT2D eigenvalue weighted by atomic mass is 16.4. The van der Waals surface area contributed by atoms with E-state index in [1.54, 1.807) is 34.7 Å². The van der Waals surface area contributed by atoms with Gasteiger partial charge in [0.05, 0.1) is 5.56 Å². The monoisotopic (exact) mass is 382 g/mol. The van der Waals surface area contributed by atoms with E-state index in [-0.39, 0.29) is 28.5 Å². The first-order chi connectivity index (χ1) is 13.3. The van der Waals surface area contributed by atoms with Crippen molar-refractivity contribution >= 4 is 11.9 Å². The molecule has 1 aromatic carbocycles. The maximum Gasteiger partial charge on any atom is 0.335 e. The number of amides is 1. The van der Waals surface area contributed by atoms with E-state index in [4.69, 9.17) is 5.11 Å². The fourth-order valence-corrected chi connectivity index (χ4v) is 3.86. The number of likely N-dealkylation sites (tertiary alicyclic amines) is 1. The Morgan fingerprint density at radius 1 is 1.14 bits per heavy atom. The Balaban J connectivity index is 1.68. The number of carboxylic acids is 1. The lowest BCUT2D eigenvalue weighted by molar-refractivity contribution is 0.0696. The molecule has 1 atom stereocenters. The van der Waals surface area contributed by atoms with E-state index in [1.807, 2.05) is 32.0 Å². The number of hydrogen-bond donors (Lipinski definition) is 1. The van der Waals surface area contributed by atoms with Crippen LogP contribution in [0.3, 0.4) is 0 Å². The van der Waals surface area contributed by atoms with Crippen molar-refractivity contribution in [3.8, 4) is 0 Å². The normalized spacial score (nSPS) is 16.6. The number of carbonyl (C=O) groups is 2. The Labute approximate surface area is 164 Å². The molecule has 1 saturated heterocycles. The zero-order valence-corrected chi connectivity index (χ0v) is 16.5. The van der Waals surface area contributed by atoms with Gasteiger partial charge in [0, 0.05) is 25.8 Å². The summed E-state index contributed by atoms with van der Waals surface area (Å²) in [5.74, 6) is -0.627. The van der Waals surface area contributed by atoms with Crippen LogP contribution in [0, 0.1) is 5.92 Å². The molecule has 1 fully saturated rings. The molecule has 0 radical (unpaired) electrons. The van der Waals surface area contributed by atoms with Gasteiger partial charge in [0.1, 0.15) is 5.56 Å². The highest BCUT2D eigenvalue weighted by Gasteiger charge is 2.28. The third kappa shape index (κ3) is 4.01. The number of aromatic nitrogens is 1.